The van der Waals surface area contributed by atoms with Gasteiger partial charge in [-0.25, -0.2) is 9.97 Å². The number of nitrogens with one attached hydrogen (secondary N) is 1. The first-order chi connectivity index (χ1) is 12.1. The van der Waals surface area contributed by atoms with Gasteiger partial charge in [0.25, 0.3) is 0 Å². The van der Waals surface area contributed by atoms with E-state index in [0.717, 1.165) is 42.5 Å². The van der Waals surface area contributed by atoms with Crippen molar-refractivity contribution in [2.45, 2.75) is 43.0 Å². The first kappa shape index (κ1) is 17.7. The molecule has 6 heteroatoms. The van der Waals surface area contributed by atoms with E-state index in [4.69, 9.17) is 0 Å². The molecule has 0 saturated carbocycles. The standard InChI is InChI=1S/C19H24N4OS/c1-14-6-5-7-17(21-14)23-12-9-16(10-13-23)22-19(24)15(2)25-18-8-3-4-11-20-18/h3-8,11,15-16H,9-10,12-13H2,1-2H3,(H,22,24). The Morgan fingerprint density at radius 2 is 2.04 bits per heavy atom. The lowest BCUT2D eigenvalue weighted by molar-refractivity contribution is -0.121. The average Bonchev–Trinajstić information content (AvgIpc) is 2.63. The van der Waals surface area contributed by atoms with E-state index < -0.39 is 0 Å². The van der Waals surface area contributed by atoms with Crippen LogP contribution in [0.15, 0.2) is 47.6 Å². The maximum absolute atomic E-state index is 12.4. The van der Waals surface area contributed by atoms with Gasteiger partial charge in [0, 0.05) is 31.0 Å². The predicted molar refractivity (Wildman–Crippen MR) is 102 cm³/mol. The van der Waals surface area contributed by atoms with Crippen LogP contribution in [0.1, 0.15) is 25.5 Å². The molecule has 25 heavy (non-hydrogen) atoms. The molecule has 3 heterocycles. The minimum atomic E-state index is -0.147. The van der Waals surface area contributed by atoms with Crippen LogP contribution < -0.4 is 10.2 Å². The summed E-state index contributed by atoms with van der Waals surface area (Å²) in [6, 6.07) is 12.1. The summed E-state index contributed by atoms with van der Waals surface area (Å²) in [6.45, 7) is 5.78. The molecule has 3 rings (SSSR count). The van der Waals surface area contributed by atoms with Gasteiger partial charge in [0.05, 0.1) is 10.3 Å². The Labute approximate surface area is 153 Å². The zero-order valence-corrected chi connectivity index (χ0v) is 15.5. The van der Waals surface area contributed by atoms with E-state index in [2.05, 4.69) is 26.3 Å². The summed E-state index contributed by atoms with van der Waals surface area (Å²) in [5.74, 6) is 1.12. The van der Waals surface area contributed by atoms with Crippen LogP contribution in [-0.2, 0) is 4.79 Å². The molecule has 1 aliphatic heterocycles. The number of nitrogens with zero attached hydrogens (tertiary/aromatic N) is 3. The summed E-state index contributed by atoms with van der Waals surface area (Å²) in [4.78, 5) is 23.6. The van der Waals surface area contributed by atoms with Crippen LogP contribution in [0.25, 0.3) is 0 Å². The molecule has 132 valence electrons. The van der Waals surface area contributed by atoms with Gasteiger partial charge >= 0.3 is 0 Å². The maximum atomic E-state index is 12.4. The molecule has 5 nitrogen and oxygen atoms in total. The van der Waals surface area contributed by atoms with Gasteiger partial charge in [-0.15, -0.1) is 0 Å². The van der Waals surface area contributed by atoms with E-state index in [1.54, 1.807) is 6.20 Å². The fourth-order valence-electron chi connectivity index (χ4n) is 2.93. The number of thioether (sulfide) groups is 1. The molecule has 1 amide bonds. The number of hydrogen-bond donors (Lipinski definition) is 1. The highest BCUT2D eigenvalue weighted by Gasteiger charge is 2.24. The van der Waals surface area contributed by atoms with Crippen molar-refractivity contribution in [1.82, 2.24) is 15.3 Å². The summed E-state index contributed by atoms with van der Waals surface area (Å²) in [7, 11) is 0. The molecule has 1 fully saturated rings. The van der Waals surface area contributed by atoms with Crippen LogP contribution in [0.5, 0.6) is 0 Å². The summed E-state index contributed by atoms with van der Waals surface area (Å²) in [6.07, 6.45) is 3.65. The second kappa shape index (κ2) is 8.34. The number of pyridine rings is 2. The fourth-order valence-corrected chi connectivity index (χ4v) is 3.74. The Kier molecular flexibility index (Phi) is 5.91. The third-order valence-corrected chi connectivity index (χ3v) is 5.39. The minimum absolute atomic E-state index is 0.0859. The van der Waals surface area contributed by atoms with Crippen molar-refractivity contribution in [3.63, 3.8) is 0 Å². The van der Waals surface area contributed by atoms with Crippen molar-refractivity contribution >= 4 is 23.5 Å². The number of carbonyl (C=O) groups is 1. The molecule has 1 saturated heterocycles. The van der Waals surface area contributed by atoms with E-state index in [1.165, 1.54) is 11.8 Å². The van der Waals surface area contributed by atoms with Gasteiger partial charge in [-0.1, -0.05) is 23.9 Å². The average molecular weight is 356 g/mol. The number of rotatable bonds is 5. The summed E-state index contributed by atoms with van der Waals surface area (Å²) in [5.41, 5.74) is 1.04. The van der Waals surface area contributed by atoms with Crippen LogP contribution in [0, 0.1) is 6.92 Å². The van der Waals surface area contributed by atoms with Gasteiger partial charge in [-0.05, 0) is 51.0 Å². The Morgan fingerprint density at radius 3 is 2.72 bits per heavy atom. The van der Waals surface area contributed by atoms with Crippen molar-refractivity contribution in [2.75, 3.05) is 18.0 Å². The van der Waals surface area contributed by atoms with Gasteiger partial charge in [0.2, 0.25) is 5.91 Å². The lowest BCUT2D eigenvalue weighted by Crippen LogP contribution is -2.46. The molecule has 0 spiro atoms. The van der Waals surface area contributed by atoms with Gasteiger partial charge in [0.1, 0.15) is 5.82 Å². The summed E-state index contributed by atoms with van der Waals surface area (Å²) in [5, 5.41) is 3.92. The quantitative estimate of drug-likeness (QED) is 0.835. The minimum Gasteiger partial charge on any atom is -0.356 e. The molecule has 0 radical (unpaired) electrons. The molecule has 1 aliphatic rings. The second-order valence-corrected chi connectivity index (χ2v) is 7.70. The number of aromatic nitrogens is 2. The zero-order chi connectivity index (χ0) is 17.6. The zero-order valence-electron chi connectivity index (χ0n) is 14.7. The Bertz CT molecular complexity index is 702. The van der Waals surface area contributed by atoms with E-state index in [9.17, 15) is 4.79 Å². The molecular weight excluding hydrogens is 332 g/mol. The number of amides is 1. The summed E-state index contributed by atoms with van der Waals surface area (Å²) >= 11 is 1.50. The van der Waals surface area contributed by atoms with Gasteiger partial charge < -0.3 is 10.2 Å². The number of aryl methyl sites for hydroxylation is 1. The highest BCUT2D eigenvalue weighted by molar-refractivity contribution is 8.00. The van der Waals surface area contributed by atoms with E-state index in [-0.39, 0.29) is 17.2 Å². The monoisotopic (exact) mass is 356 g/mol. The SMILES string of the molecule is Cc1cccc(N2CCC(NC(=O)C(C)Sc3ccccn3)CC2)n1. The molecule has 1 N–H and O–H groups in total. The Morgan fingerprint density at radius 1 is 1.24 bits per heavy atom. The molecule has 0 bridgehead atoms. The summed E-state index contributed by atoms with van der Waals surface area (Å²) < 4.78 is 0. The molecule has 2 aromatic rings. The van der Waals surface area contributed by atoms with Crippen LogP contribution in [0.2, 0.25) is 0 Å². The largest absolute Gasteiger partial charge is 0.356 e. The van der Waals surface area contributed by atoms with Gasteiger partial charge in [-0.2, -0.15) is 0 Å². The maximum Gasteiger partial charge on any atom is 0.233 e. The molecule has 0 aromatic carbocycles. The van der Waals surface area contributed by atoms with Gasteiger partial charge in [0.15, 0.2) is 0 Å². The predicted octanol–water partition coefficient (Wildman–Crippen LogP) is 3.05. The van der Waals surface area contributed by atoms with Crippen molar-refractivity contribution in [3.05, 3.63) is 48.3 Å². The number of carbonyl (C=O) groups excluding carboxylic acids is 1. The molecule has 0 aliphatic carbocycles. The van der Waals surface area contributed by atoms with Crippen molar-refractivity contribution in [1.29, 1.82) is 0 Å². The fraction of sp³-hybridized carbons (Fsp3) is 0.421. The Balaban J connectivity index is 1.47. The second-order valence-electron chi connectivity index (χ2n) is 6.34. The number of piperidine rings is 1. The van der Waals surface area contributed by atoms with Crippen LogP contribution in [0.4, 0.5) is 5.82 Å². The third-order valence-electron chi connectivity index (χ3n) is 4.34. The number of hydrogen-bond acceptors (Lipinski definition) is 5. The van der Waals surface area contributed by atoms with Gasteiger partial charge in [-0.3, -0.25) is 4.79 Å². The van der Waals surface area contributed by atoms with Crippen LogP contribution >= 0.6 is 11.8 Å². The molecule has 2 aromatic heterocycles. The lowest BCUT2D eigenvalue weighted by Gasteiger charge is -2.33. The van der Waals surface area contributed by atoms with Crippen LogP contribution in [0.3, 0.4) is 0 Å². The topological polar surface area (TPSA) is 58.1 Å². The molecular formula is C19H24N4OS. The first-order valence-electron chi connectivity index (χ1n) is 8.68. The Hall–Kier alpha value is -2.08. The van der Waals surface area contributed by atoms with E-state index >= 15 is 0 Å². The molecule has 1 unspecified atom stereocenters. The first-order valence-corrected chi connectivity index (χ1v) is 9.56. The van der Waals surface area contributed by atoms with E-state index in [1.807, 2.05) is 44.2 Å². The van der Waals surface area contributed by atoms with Crippen molar-refractivity contribution in [3.8, 4) is 0 Å². The smallest absolute Gasteiger partial charge is 0.233 e. The van der Waals surface area contributed by atoms with E-state index in [0.29, 0.717) is 0 Å². The normalized spacial score (nSPS) is 16.5. The highest BCUT2D eigenvalue weighted by Crippen LogP contribution is 2.22. The van der Waals surface area contributed by atoms with Crippen molar-refractivity contribution < 1.29 is 4.79 Å². The highest BCUT2D eigenvalue weighted by atomic mass is 32.2. The third kappa shape index (κ3) is 4.95. The van der Waals surface area contributed by atoms with Crippen LogP contribution in [-0.4, -0.2) is 40.3 Å². The molecule has 1 atom stereocenters. The lowest BCUT2D eigenvalue weighted by atomic mass is 10.0. The van der Waals surface area contributed by atoms with Crippen molar-refractivity contribution in [2.24, 2.45) is 0 Å². The number of anilines is 1.